The van der Waals surface area contributed by atoms with Gasteiger partial charge in [-0.3, -0.25) is 24.1 Å². The summed E-state index contributed by atoms with van der Waals surface area (Å²) < 4.78 is 42.5. The number of amides is 4. The van der Waals surface area contributed by atoms with E-state index in [9.17, 15) is 27.6 Å². The van der Waals surface area contributed by atoms with Crippen molar-refractivity contribution in [2.75, 3.05) is 17.7 Å². The number of nitrogens with one attached hydrogen (secondary N) is 1. The topological polar surface area (TPSA) is 126 Å². The van der Waals surface area contributed by atoms with Crippen molar-refractivity contribution in [2.24, 2.45) is 13.0 Å². The molecule has 1 aromatic carbocycles. The fourth-order valence-electron chi connectivity index (χ4n) is 4.55. The molecule has 3 aromatic rings. The lowest BCUT2D eigenvalue weighted by atomic mass is 9.81. The Hall–Kier alpha value is -4.42. The lowest BCUT2D eigenvalue weighted by Gasteiger charge is -2.46. The Labute approximate surface area is 216 Å². The van der Waals surface area contributed by atoms with Crippen LogP contribution in [0.1, 0.15) is 30.5 Å². The van der Waals surface area contributed by atoms with Crippen LogP contribution in [0, 0.1) is 23.4 Å². The van der Waals surface area contributed by atoms with Gasteiger partial charge in [0.05, 0.1) is 18.2 Å². The number of nitrogens with two attached hydrogens (primary N) is 1. The number of anilines is 2. The van der Waals surface area contributed by atoms with E-state index >= 15 is 0 Å². The number of nitrogen functional groups attached to an aromatic ring is 1. The number of halogens is 3. The second-order valence-electron chi connectivity index (χ2n) is 8.97. The average molecular weight is 530 g/mol. The van der Waals surface area contributed by atoms with E-state index in [4.69, 9.17) is 5.73 Å². The molecular formula is C25H26F3N7O3. The monoisotopic (exact) mass is 529 g/mol. The summed E-state index contributed by atoms with van der Waals surface area (Å²) in [4.78, 5) is 46.1. The van der Waals surface area contributed by atoms with Crippen molar-refractivity contribution in [1.82, 2.24) is 25.0 Å². The third-order valence-electron chi connectivity index (χ3n) is 6.57. The van der Waals surface area contributed by atoms with E-state index in [1.54, 1.807) is 32.2 Å². The molecule has 38 heavy (non-hydrogen) atoms. The number of β-lactam (4-membered cyclic amide) rings is 1. The van der Waals surface area contributed by atoms with Crippen molar-refractivity contribution < 1.29 is 27.6 Å². The third-order valence-corrected chi connectivity index (χ3v) is 6.57. The summed E-state index contributed by atoms with van der Waals surface area (Å²) in [7, 11) is 3.14. The van der Waals surface area contributed by atoms with Crippen LogP contribution >= 0.6 is 0 Å². The molecule has 0 aliphatic carbocycles. The number of aromatic nitrogens is 3. The van der Waals surface area contributed by atoms with Crippen LogP contribution in [-0.2, 0) is 23.1 Å². The maximum atomic E-state index is 13.8. The molecule has 3 atom stereocenters. The highest BCUT2D eigenvalue weighted by atomic mass is 19.2. The minimum atomic E-state index is -1.63. The Kier molecular flexibility index (Phi) is 7.37. The Morgan fingerprint density at radius 3 is 2.42 bits per heavy atom. The highest BCUT2D eigenvalue weighted by Gasteiger charge is 2.55. The van der Waals surface area contributed by atoms with Gasteiger partial charge in [0.1, 0.15) is 17.7 Å². The summed E-state index contributed by atoms with van der Waals surface area (Å²) in [5, 5.41) is 6.59. The maximum Gasteiger partial charge on any atom is 0.325 e. The van der Waals surface area contributed by atoms with Gasteiger partial charge in [-0.2, -0.15) is 5.10 Å². The van der Waals surface area contributed by atoms with Gasteiger partial charge in [-0.15, -0.1) is 0 Å². The smallest absolute Gasteiger partial charge is 0.325 e. The number of benzene rings is 1. The summed E-state index contributed by atoms with van der Waals surface area (Å²) in [5.41, 5.74) is 6.38. The number of aryl methyl sites for hydroxylation is 1. The molecule has 0 radical (unpaired) electrons. The van der Waals surface area contributed by atoms with E-state index in [2.05, 4.69) is 15.4 Å². The van der Waals surface area contributed by atoms with E-state index < -0.39 is 53.3 Å². The number of likely N-dealkylation sites (N-methyl/N-ethyl adjacent to an activating group) is 1. The largest absolute Gasteiger partial charge is 0.384 e. The Bertz CT molecular complexity index is 1370. The molecule has 1 saturated heterocycles. The molecule has 10 nitrogen and oxygen atoms in total. The summed E-state index contributed by atoms with van der Waals surface area (Å²) in [6.45, 7) is 1.64. The van der Waals surface area contributed by atoms with Crippen LogP contribution in [0.25, 0.3) is 0 Å². The van der Waals surface area contributed by atoms with Crippen LogP contribution in [0.2, 0.25) is 0 Å². The summed E-state index contributed by atoms with van der Waals surface area (Å²) in [6.07, 6.45) is 3.27. The second kappa shape index (κ2) is 10.5. The number of likely N-dealkylation sites (tertiary alicyclic amines) is 1. The second-order valence-corrected chi connectivity index (χ2v) is 8.97. The fourth-order valence-corrected chi connectivity index (χ4v) is 4.55. The van der Waals surface area contributed by atoms with Crippen molar-refractivity contribution >= 4 is 29.5 Å². The molecule has 4 amide bonds. The number of rotatable bonds is 7. The Morgan fingerprint density at radius 1 is 1.16 bits per heavy atom. The number of carbonyl (C=O) groups is 3. The van der Waals surface area contributed by atoms with Crippen LogP contribution in [-0.4, -0.2) is 50.6 Å². The van der Waals surface area contributed by atoms with Gasteiger partial charge in [-0.1, -0.05) is 6.92 Å². The Morgan fingerprint density at radius 2 is 1.84 bits per heavy atom. The normalized spacial score (nSPS) is 17.6. The van der Waals surface area contributed by atoms with Crippen molar-refractivity contribution in [3.05, 3.63) is 71.3 Å². The molecule has 0 bridgehead atoms. The molecular weight excluding hydrogens is 503 g/mol. The van der Waals surface area contributed by atoms with Gasteiger partial charge in [0.2, 0.25) is 5.91 Å². The quantitative estimate of drug-likeness (QED) is 0.358. The maximum absolute atomic E-state index is 13.8. The lowest BCUT2D eigenvalue weighted by molar-refractivity contribution is -0.156. The minimum absolute atomic E-state index is 0.0242. The van der Waals surface area contributed by atoms with Crippen LogP contribution in [0.5, 0.6) is 0 Å². The zero-order chi connectivity index (χ0) is 27.7. The van der Waals surface area contributed by atoms with Crippen LogP contribution in [0.15, 0.2) is 42.7 Å². The van der Waals surface area contributed by atoms with Crippen molar-refractivity contribution in [2.45, 2.75) is 31.8 Å². The number of imide groups is 1. The zero-order valence-corrected chi connectivity index (χ0v) is 20.9. The number of carbonyl (C=O) groups excluding carboxylic acids is 3. The van der Waals surface area contributed by atoms with Gasteiger partial charge in [-0.25, -0.2) is 22.9 Å². The average Bonchev–Trinajstić information content (AvgIpc) is 3.31. The van der Waals surface area contributed by atoms with Gasteiger partial charge >= 0.3 is 6.03 Å². The molecule has 2 aromatic heterocycles. The molecule has 1 aliphatic heterocycles. The molecule has 3 N–H and O–H groups in total. The van der Waals surface area contributed by atoms with Gasteiger partial charge in [-0.05, 0) is 48.2 Å². The van der Waals surface area contributed by atoms with Gasteiger partial charge < -0.3 is 11.1 Å². The van der Waals surface area contributed by atoms with Crippen molar-refractivity contribution in [3.63, 3.8) is 0 Å². The van der Waals surface area contributed by atoms with Gasteiger partial charge in [0, 0.05) is 26.4 Å². The first-order chi connectivity index (χ1) is 18.0. The first-order valence-corrected chi connectivity index (χ1v) is 11.8. The van der Waals surface area contributed by atoms with Crippen molar-refractivity contribution in [3.8, 4) is 0 Å². The van der Waals surface area contributed by atoms with Crippen LogP contribution in [0.3, 0.4) is 0 Å². The highest BCUT2D eigenvalue weighted by Crippen LogP contribution is 2.33. The van der Waals surface area contributed by atoms with Gasteiger partial charge in [0.15, 0.2) is 17.5 Å². The molecule has 3 heterocycles. The van der Waals surface area contributed by atoms with E-state index in [-0.39, 0.29) is 24.2 Å². The summed E-state index contributed by atoms with van der Waals surface area (Å²) in [5.74, 6) is -5.80. The lowest BCUT2D eigenvalue weighted by Crippen LogP contribution is -2.70. The van der Waals surface area contributed by atoms with Gasteiger partial charge in [0.25, 0.3) is 5.91 Å². The number of urea groups is 1. The van der Waals surface area contributed by atoms with Crippen LogP contribution in [0.4, 0.5) is 29.6 Å². The molecule has 0 spiro atoms. The highest BCUT2D eigenvalue weighted by molar-refractivity contribution is 6.12. The predicted octanol–water partition coefficient (Wildman–Crippen LogP) is 2.71. The number of hydrogen-bond acceptors (Lipinski definition) is 6. The third kappa shape index (κ3) is 4.91. The van der Waals surface area contributed by atoms with Crippen LogP contribution < -0.4 is 16.0 Å². The fraction of sp³-hybridized carbons (Fsp3) is 0.320. The number of nitrogens with zero attached hydrogens (tertiary/aromatic N) is 5. The molecule has 1 unspecified atom stereocenters. The first-order valence-electron chi connectivity index (χ1n) is 11.8. The minimum Gasteiger partial charge on any atom is -0.384 e. The standard InChI is InChI=1S/C25H26F3N7O3/c1-4-18(14-11-16(26)21(28)17(27)12-14)32-25(38)35-22(24(37)33(2)20-6-8-31-34(20)3)15(23(35)36)9-13-5-7-30-19(29)10-13/h5-8,10-12,15,18,22H,4,9H2,1-3H3,(H2,29,30)(H,32,38)/t15-,18?,22+/m1/s1. The molecule has 4 rings (SSSR count). The Balaban J connectivity index is 1.62. The number of pyridine rings is 1. The van der Waals surface area contributed by atoms with Crippen molar-refractivity contribution in [1.29, 1.82) is 0 Å². The first kappa shape index (κ1) is 26.6. The zero-order valence-electron chi connectivity index (χ0n) is 20.9. The van der Waals surface area contributed by atoms with E-state index in [1.165, 1.54) is 29.0 Å². The van der Waals surface area contributed by atoms with E-state index in [1.807, 2.05) is 0 Å². The van der Waals surface area contributed by atoms with E-state index in [0.717, 1.165) is 17.0 Å². The predicted molar refractivity (Wildman–Crippen MR) is 131 cm³/mol. The molecule has 200 valence electrons. The number of hydrogen-bond donors (Lipinski definition) is 2. The molecule has 1 aliphatic rings. The summed E-state index contributed by atoms with van der Waals surface area (Å²) >= 11 is 0. The molecule has 1 fully saturated rings. The molecule has 0 saturated carbocycles. The summed E-state index contributed by atoms with van der Waals surface area (Å²) in [6, 6.07) is 3.33. The van der Waals surface area contributed by atoms with E-state index in [0.29, 0.717) is 11.4 Å². The SMILES string of the molecule is CCC(NC(=O)N1C(=O)[C@H](Cc2ccnc(N)c2)[C@H]1C(=O)N(C)c1ccnn1C)c1cc(F)c(F)c(F)c1. The molecule has 13 heteroatoms.